The summed E-state index contributed by atoms with van der Waals surface area (Å²) in [5.41, 5.74) is 6.00. The van der Waals surface area contributed by atoms with Crippen molar-refractivity contribution < 1.29 is 0 Å². The van der Waals surface area contributed by atoms with E-state index in [1.807, 2.05) is 0 Å². The fraction of sp³-hybridized carbons (Fsp3) is 0.625. The molecule has 0 spiro atoms. The van der Waals surface area contributed by atoms with Gasteiger partial charge in [-0.3, -0.25) is 0 Å². The molecule has 1 aromatic carbocycles. The van der Waals surface area contributed by atoms with Crippen LogP contribution in [-0.4, -0.2) is 0 Å². The smallest absolute Gasteiger partial charge is 0.0188 e. The zero-order chi connectivity index (χ0) is 12.1. The first-order valence-electron chi connectivity index (χ1n) is 6.70. The molecular weight excluding hydrogens is 192 g/mol. The van der Waals surface area contributed by atoms with Gasteiger partial charge in [0.15, 0.2) is 0 Å². The highest BCUT2D eigenvalue weighted by Crippen LogP contribution is 2.27. The molecule has 0 bridgehead atoms. The molecule has 1 atom stereocenters. The molecule has 0 heteroatoms. The summed E-state index contributed by atoms with van der Waals surface area (Å²) in [6, 6.07) is 4.79. The van der Waals surface area contributed by atoms with Crippen molar-refractivity contribution in [3.8, 4) is 0 Å². The molecular formula is C16H26. The molecule has 0 aliphatic heterocycles. The van der Waals surface area contributed by atoms with Gasteiger partial charge < -0.3 is 0 Å². The van der Waals surface area contributed by atoms with E-state index in [-0.39, 0.29) is 0 Å². The van der Waals surface area contributed by atoms with E-state index in [1.54, 1.807) is 11.1 Å². The van der Waals surface area contributed by atoms with Gasteiger partial charge >= 0.3 is 0 Å². The van der Waals surface area contributed by atoms with Crippen molar-refractivity contribution in [1.29, 1.82) is 0 Å². The Morgan fingerprint density at radius 2 is 1.69 bits per heavy atom. The summed E-state index contributed by atoms with van der Waals surface area (Å²) in [5, 5.41) is 0. The third-order valence-electron chi connectivity index (χ3n) is 3.66. The lowest BCUT2D eigenvalue weighted by atomic mass is 9.88. The Kier molecular flexibility index (Phi) is 5.05. The van der Waals surface area contributed by atoms with Crippen LogP contribution in [0.1, 0.15) is 68.2 Å². The summed E-state index contributed by atoms with van der Waals surface area (Å²) in [7, 11) is 0. The highest BCUT2D eigenvalue weighted by atomic mass is 14.2. The first-order valence-corrected chi connectivity index (χ1v) is 6.70. The summed E-state index contributed by atoms with van der Waals surface area (Å²) in [6.07, 6.45) is 5.13. The predicted octanol–water partition coefficient (Wildman–Crippen LogP) is 5.16. The molecule has 0 N–H and O–H groups in total. The van der Waals surface area contributed by atoms with Crippen LogP contribution >= 0.6 is 0 Å². The van der Waals surface area contributed by atoms with Crippen LogP contribution in [0.15, 0.2) is 12.1 Å². The Hall–Kier alpha value is -0.780. The van der Waals surface area contributed by atoms with Crippen molar-refractivity contribution in [2.45, 2.75) is 66.2 Å². The van der Waals surface area contributed by atoms with Crippen molar-refractivity contribution in [2.24, 2.45) is 0 Å². The number of rotatable bonds is 5. The fourth-order valence-electron chi connectivity index (χ4n) is 2.33. The Morgan fingerprint density at radius 3 is 2.25 bits per heavy atom. The third kappa shape index (κ3) is 3.10. The van der Waals surface area contributed by atoms with Crippen LogP contribution in [0, 0.1) is 13.8 Å². The van der Waals surface area contributed by atoms with Crippen LogP contribution in [0.2, 0.25) is 0 Å². The first kappa shape index (κ1) is 13.3. The lowest BCUT2D eigenvalue weighted by Crippen LogP contribution is -2.01. The average Bonchev–Trinajstić information content (AvgIpc) is 2.28. The standard InChI is InChI=1S/C16H26/c1-6-8-9-12(3)16-11-14(5)13(4)10-15(16)7-2/h10-12H,6-9H2,1-5H3. The summed E-state index contributed by atoms with van der Waals surface area (Å²) in [4.78, 5) is 0. The Bertz CT molecular complexity index is 336. The fourth-order valence-corrected chi connectivity index (χ4v) is 2.33. The molecule has 0 aliphatic rings. The molecule has 16 heavy (non-hydrogen) atoms. The van der Waals surface area contributed by atoms with Crippen LogP contribution in [0.4, 0.5) is 0 Å². The quantitative estimate of drug-likeness (QED) is 0.640. The second kappa shape index (κ2) is 6.08. The normalized spacial score (nSPS) is 12.8. The van der Waals surface area contributed by atoms with Gasteiger partial charge in [-0.25, -0.2) is 0 Å². The number of benzene rings is 1. The van der Waals surface area contributed by atoms with Crippen LogP contribution in [0.25, 0.3) is 0 Å². The Labute approximate surface area is 101 Å². The SMILES string of the molecule is CCCCC(C)c1cc(C)c(C)cc1CC. The van der Waals surface area contributed by atoms with E-state index in [9.17, 15) is 0 Å². The van der Waals surface area contributed by atoms with Gasteiger partial charge in [0.2, 0.25) is 0 Å². The molecule has 90 valence electrons. The minimum Gasteiger partial charge on any atom is -0.0654 e. The van der Waals surface area contributed by atoms with Gasteiger partial charge in [-0.15, -0.1) is 0 Å². The zero-order valence-corrected chi connectivity index (χ0v) is 11.6. The minimum atomic E-state index is 0.717. The van der Waals surface area contributed by atoms with E-state index >= 15 is 0 Å². The number of unbranched alkanes of at least 4 members (excludes halogenated alkanes) is 1. The topological polar surface area (TPSA) is 0 Å². The van der Waals surface area contributed by atoms with Gasteiger partial charge in [0.05, 0.1) is 0 Å². The molecule has 0 heterocycles. The highest BCUT2D eigenvalue weighted by molar-refractivity contribution is 5.39. The van der Waals surface area contributed by atoms with E-state index in [0.29, 0.717) is 5.92 Å². The summed E-state index contributed by atoms with van der Waals surface area (Å²) >= 11 is 0. The molecule has 0 nitrogen and oxygen atoms in total. The van der Waals surface area contributed by atoms with Crippen molar-refractivity contribution in [2.75, 3.05) is 0 Å². The highest BCUT2D eigenvalue weighted by Gasteiger charge is 2.10. The first-order chi connectivity index (χ1) is 7.60. The lowest BCUT2D eigenvalue weighted by Gasteiger charge is -2.18. The zero-order valence-electron chi connectivity index (χ0n) is 11.6. The second-order valence-electron chi connectivity index (χ2n) is 5.03. The van der Waals surface area contributed by atoms with E-state index in [0.717, 1.165) is 6.42 Å². The van der Waals surface area contributed by atoms with Gasteiger partial charge in [0.25, 0.3) is 0 Å². The average molecular weight is 218 g/mol. The van der Waals surface area contributed by atoms with E-state index in [2.05, 4.69) is 46.8 Å². The lowest BCUT2D eigenvalue weighted by molar-refractivity contribution is 0.619. The molecule has 0 fully saturated rings. The molecule has 0 aromatic heterocycles. The monoisotopic (exact) mass is 218 g/mol. The van der Waals surface area contributed by atoms with Crippen molar-refractivity contribution in [1.82, 2.24) is 0 Å². The summed E-state index contributed by atoms with van der Waals surface area (Å²) in [5.74, 6) is 0.717. The van der Waals surface area contributed by atoms with Crippen molar-refractivity contribution in [3.63, 3.8) is 0 Å². The predicted molar refractivity (Wildman–Crippen MR) is 73.2 cm³/mol. The van der Waals surface area contributed by atoms with Gasteiger partial charge in [-0.05, 0) is 54.9 Å². The molecule has 0 saturated heterocycles. The minimum absolute atomic E-state index is 0.717. The van der Waals surface area contributed by atoms with Gasteiger partial charge in [0, 0.05) is 0 Å². The van der Waals surface area contributed by atoms with Gasteiger partial charge in [-0.1, -0.05) is 45.7 Å². The van der Waals surface area contributed by atoms with Crippen LogP contribution in [0.5, 0.6) is 0 Å². The molecule has 1 aromatic rings. The Morgan fingerprint density at radius 1 is 1.06 bits per heavy atom. The Balaban J connectivity index is 2.96. The summed E-state index contributed by atoms with van der Waals surface area (Å²) < 4.78 is 0. The van der Waals surface area contributed by atoms with E-state index < -0.39 is 0 Å². The number of hydrogen-bond acceptors (Lipinski definition) is 0. The maximum atomic E-state index is 2.41. The second-order valence-corrected chi connectivity index (χ2v) is 5.03. The molecule has 0 radical (unpaired) electrons. The number of aryl methyl sites for hydroxylation is 3. The maximum absolute atomic E-state index is 2.41. The summed E-state index contributed by atoms with van der Waals surface area (Å²) in [6.45, 7) is 11.4. The van der Waals surface area contributed by atoms with Crippen LogP contribution < -0.4 is 0 Å². The van der Waals surface area contributed by atoms with Crippen molar-refractivity contribution >= 4 is 0 Å². The van der Waals surface area contributed by atoms with Crippen LogP contribution in [0.3, 0.4) is 0 Å². The molecule has 0 amide bonds. The van der Waals surface area contributed by atoms with E-state index in [4.69, 9.17) is 0 Å². The largest absolute Gasteiger partial charge is 0.0654 e. The van der Waals surface area contributed by atoms with Gasteiger partial charge in [-0.2, -0.15) is 0 Å². The number of hydrogen-bond donors (Lipinski definition) is 0. The third-order valence-corrected chi connectivity index (χ3v) is 3.66. The van der Waals surface area contributed by atoms with Gasteiger partial charge in [0.1, 0.15) is 0 Å². The molecule has 1 rings (SSSR count). The van der Waals surface area contributed by atoms with Crippen molar-refractivity contribution in [3.05, 3.63) is 34.4 Å². The van der Waals surface area contributed by atoms with Crippen LogP contribution in [-0.2, 0) is 6.42 Å². The maximum Gasteiger partial charge on any atom is -0.0188 e. The molecule has 1 unspecified atom stereocenters. The molecule has 0 aliphatic carbocycles. The molecule has 0 saturated carbocycles. The van der Waals surface area contributed by atoms with E-state index in [1.165, 1.54) is 30.4 Å².